The summed E-state index contributed by atoms with van der Waals surface area (Å²) in [5, 5.41) is 9.07. The fourth-order valence-electron chi connectivity index (χ4n) is 2.07. The van der Waals surface area contributed by atoms with Crippen molar-refractivity contribution < 1.29 is 18.3 Å². The molecule has 0 amide bonds. The first kappa shape index (κ1) is 18.6. The third kappa shape index (κ3) is 4.63. The average molecular weight is 388 g/mol. The lowest BCUT2D eigenvalue weighted by molar-refractivity contribution is 0.0697. The number of hydrogen-bond donors (Lipinski definition) is 2. The molecule has 0 aliphatic carbocycles. The average Bonchev–Trinajstić information content (AvgIpc) is 2.54. The van der Waals surface area contributed by atoms with Crippen molar-refractivity contribution in [2.45, 2.75) is 17.7 Å². The van der Waals surface area contributed by atoms with E-state index in [1.54, 1.807) is 12.1 Å². The van der Waals surface area contributed by atoms with E-state index < -0.39 is 16.0 Å². The van der Waals surface area contributed by atoms with Crippen LogP contribution in [0.15, 0.2) is 47.4 Å². The van der Waals surface area contributed by atoms with Crippen molar-refractivity contribution in [2.24, 2.45) is 0 Å². The van der Waals surface area contributed by atoms with Gasteiger partial charge in [-0.25, -0.2) is 13.2 Å². The second kappa shape index (κ2) is 7.88. The van der Waals surface area contributed by atoms with E-state index >= 15 is 0 Å². The van der Waals surface area contributed by atoms with Gasteiger partial charge in [-0.15, -0.1) is 11.6 Å². The van der Waals surface area contributed by atoms with Crippen LogP contribution in [0.25, 0.3) is 0 Å². The quantitative estimate of drug-likeness (QED) is 0.702. The van der Waals surface area contributed by atoms with Crippen LogP contribution in [0.4, 0.5) is 5.69 Å². The summed E-state index contributed by atoms with van der Waals surface area (Å²) in [7, 11) is -3.82. The minimum absolute atomic E-state index is 0.0362. The van der Waals surface area contributed by atoms with Gasteiger partial charge in [0.1, 0.15) is 0 Å². The molecule has 2 N–H and O–H groups in total. The maximum Gasteiger partial charge on any atom is 0.337 e. The molecule has 0 saturated heterocycles. The van der Waals surface area contributed by atoms with Crippen molar-refractivity contribution in [3.63, 3.8) is 0 Å². The standard InChI is InChI=1S/C16H15Cl2NO4S/c17-9-1-2-11-3-6-13(7-4-11)24(22,23)19-12-5-8-15(18)14(10-12)16(20)21/h3-8,10,19H,1-2,9H2,(H,20,21). The molecule has 5 nitrogen and oxygen atoms in total. The van der Waals surface area contributed by atoms with Gasteiger partial charge in [0, 0.05) is 11.6 Å². The Morgan fingerprint density at radius 3 is 2.38 bits per heavy atom. The molecule has 0 bridgehead atoms. The highest BCUT2D eigenvalue weighted by Crippen LogP contribution is 2.23. The van der Waals surface area contributed by atoms with Gasteiger partial charge in [0.2, 0.25) is 0 Å². The molecule has 0 fully saturated rings. The van der Waals surface area contributed by atoms with Crippen molar-refractivity contribution in [2.75, 3.05) is 10.6 Å². The molecule has 24 heavy (non-hydrogen) atoms. The van der Waals surface area contributed by atoms with E-state index in [0.717, 1.165) is 18.4 Å². The molecular formula is C16H15Cl2NO4S. The first-order valence-corrected chi connectivity index (χ1v) is 9.43. The summed E-state index contributed by atoms with van der Waals surface area (Å²) < 4.78 is 27.1. The molecule has 0 aliphatic rings. The van der Waals surface area contributed by atoms with Crippen LogP contribution in [-0.4, -0.2) is 25.4 Å². The number of benzene rings is 2. The molecule has 128 valence electrons. The van der Waals surface area contributed by atoms with Gasteiger partial charge in [-0.1, -0.05) is 23.7 Å². The minimum Gasteiger partial charge on any atom is -0.478 e. The highest BCUT2D eigenvalue weighted by molar-refractivity contribution is 7.92. The molecule has 0 unspecified atom stereocenters. The number of sulfonamides is 1. The summed E-state index contributed by atoms with van der Waals surface area (Å²) in [5.41, 5.74) is 0.950. The van der Waals surface area contributed by atoms with E-state index in [1.807, 2.05) is 0 Å². The largest absolute Gasteiger partial charge is 0.478 e. The zero-order chi connectivity index (χ0) is 17.7. The number of carboxylic acid groups (broad SMARTS) is 1. The molecule has 0 spiro atoms. The summed E-state index contributed by atoms with van der Waals surface area (Å²) in [5.74, 6) is -0.686. The lowest BCUT2D eigenvalue weighted by Gasteiger charge is -2.10. The zero-order valence-electron chi connectivity index (χ0n) is 12.5. The number of alkyl halides is 1. The predicted molar refractivity (Wildman–Crippen MR) is 94.7 cm³/mol. The Bertz CT molecular complexity index is 836. The number of aromatic carboxylic acids is 1. The molecule has 0 radical (unpaired) electrons. The van der Waals surface area contributed by atoms with Crippen LogP contribution in [0.3, 0.4) is 0 Å². The summed E-state index contributed by atoms with van der Waals surface area (Å²) in [6, 6.07) is 10.4. The fraction of sp³-hybridized carbons (Fsp3) is 0.188. The third-order valence-corrected chi connectivity index (χ3v) is 5.28. The van der Waals surface area contributed by atoms with Crippen LogP contribution in [0.1, 0.15) is 22.3 Å². The number of anilines is 1. The van der Waals surface area contributed by atoms with E-state index in [2.05, 4.69) is 4.72 Å². The zero-order valence-corrected chi connectivity index (χ0v) is 14.8. The van der Waals surface area contributed by atoms with Gasteiger partial charge in [0.25, 0.3) is 10.0 Å². The summed E-state index contributed by atoms with van der Waals surface area (Å²) >= 11 is 11.4. The minimum atomic E-state index is -3.82. The Hall–Kier alpha value is -1.76. The summed E-state index contributed by atoms with van der Waals surface area (Å²) in [6.45, 7) is 0. The molecule has 0 aromatic heterocycles. The number of nitrogens with one attached hydrogen (secondary N) is 1. The summed E-state index contributed by atoms with van der Waals surface area (Å²) in [6.07, 6.45) is 1.59. The van der Waals surface area contributed by atoms with Crippen LogP contribution in [0.2, 0.25) is 5.02 Å². The Labute approximate surface area is 150 Å². The Balaban J connectivity index is 2.22. The number of aryl methyl sites for hydroxylation is 1. The molecule has 0 atom stereocenters. The molecule has 2 aromatic carbocycles. The number of rotatable bonds is 7. The van der Waals surface area contributed by atoms with E-state index in [-0.39, 0.29) is 21.2 Å². The van der Waals surface area contributed by atoms with E-state index in [4.69, 9.17) is 28.3 Å². The highest BCUT2D eigenvalue weighted by atomic mass is 35.5. The lowest BCUT2D eigenvalue weighted by atomic mass is 10.1. The lowest BCUT2D eigenvalue weighted by Crippen LogP contribution is -2.13. The van der Waals surface area contributed by atoms with Crippen LogP contribution in [0, 0.1) is 0 Å². The molecule has 0 heterocycles. The maximum absolute atomic E-state index is 12.4. The molecule has 2 rings (SSSR count). The Morgan fingerprint density at radius 2 is 1.79 bits per heavy atom. The monoisotopic (exact) mass is 387 g/mol. The van der Waals surface area contributed by atoms with Crippen molar-refractivity contribution in [1.29, 1.82) is 0 Å². The van der Waals surface area contributed by atoms with Gasteiger partial charge in [-0.2, -0.15) is 0 Å². The number of hydrogen-bond acceptors (Lipinski definition) is 3. The molecule has 0 aliphatic heterocycles. The topological polar surface area (TPSA) is 83.5 Å². The first-order chi connectivity index (χ1) is 11.3. The third-order valence-electron chi connectivity index (χ3n) is 3.28. The van der Waals surface area contributed by atoms with Gasteiger partial charge in [-0.3, -0.25) is 4.72 Å². The van der Waals surface area contributed by atoms with Crippen molar-refractivity contribution in [3.05, 3.63) is 58.6 Å². The van der Waals surface area contributed by atoms with Gasteiger partial charge in [-0.05, 0) is 48.7 Å². The molecule has 8 heteroatoms. The smallest absolute Gasteiger partial charge is 0.337 e. The molecule has 2 aromatic rings. The maximum atomic E-state index is 12.4. The van der Waals surface area contributed by atoms with Gasteiger partial charge in [0.05, 0.1) is 15.5 Å². The fourth-order valence-corrected chi connectivity index (χ4v) is 3.45. The predicted octanol–water partition coefficient (Wildman–Crippen LogP) is 4.01. The second-order valence-electron chi connectivity index (χ2n) is 5.04. The Kier molecular flexibility index (Phi) is 6.10. The van der Waals surface area contributed by atoms with Crippen LogP contribution in [0.5, 0.6) is 0 Å². The van der Waals surface area contributed by atoms with Crippen molar-refractivity contribution in [1.82, 2.24) is 0 Å². The number of carboxylic acids is 1. The highest BCUT2D eigenvalue weighted by Gasteiger charge is 2.16. The van der Waals surface area contributed by atoms with Crippen LogP contribution < -0.4 is 4.72 Å². The van der Waals surface area contributed by atoms with Crippen LogP contribution >= 0.6 is 23.2 Å². The molecular weight excluding hydrogens is 373 g/mol. The summed E-state index contributed by atoms with van der Waals surface area (Å²) in [4.78, 5) is 11.1. The van der Waals surface area contributed by atoms with Crippen molar-refractivity contribution >= 4 is 44.9 Å². The number of halogens is 2. The van der Waals surface area contributed by atoms with Gasteiger partial charge in [0.15, 0.2) is 0 Å². The molecule has 0 saturated carbocycles. The van der Waals surface area contributed by atoms with Crippen molar-refractivity contribution in [3.8, 4) is 0 Å². The van der Waals surface area contributed by atoms with Gasteiger partial charge >= 0.3 is 5.97 Å². The van der Waals surface area contributed by atoms with Gasteiger partial charge < -0.3 is 5.11 Å². The SMILES string of the molecule is O=C(O)c1cc(NS(=O)(=O)c2ccc(CCCCl)cc2)ccc1Cl. The number of carbonyl (C=O) groups is 1. The van der Waals surface area contributed by atoms with E-state index in [1.165, 1.54) is 30.3 Å². The van der Waals surface area contributed by atoms with Crippen LogP contribution in [-0.2, 0) is 16.4 Å². The first-order valence-electron chi connectivity index (χ1n) is 7.04. The Morgan fingerprint density at radius 1 is 1.12 bits per heavy atom. The van der Waals surface area contributed by atoms with E-state index in [9.17, 15) is 13.2 Å². The van der Waals surface area contributed by atoms with E-state index in [0.29, 0.717) is 5.88 Å². The normalized spacial score (nSPS) is 11.2. The second-order valence-corrected chi connectivity index (χ2v) is 7.51.